The van der Waals surface area contributed by atoms with Crippen LogP contribution >= 0.6 is 0 Å². The van der Waals surface area contributed by atoms with Gasteiger partial charge in [-0.05, 0) is 62.8 Å². The molecule has 0 unspecified atom stereocenters. The molecule has 1 aliphatic carbocycles. The van der Waals surface area contributed by atoms with Crippen LogP contribution in [0.25, 0.3) is 0 Å². The number of Topliss-reactive ketones (excluding diaryl/α,β-unsaturated/α-hetero) is 1. The third kappa shape index (κ3) is 3.91. The van der Waals surface area contributed by atoms with Crippen molar-refractivity contribution in [2.24, 2.45) is 5.92 Å². The van der Waals surface area contributed by atoms with E-state index >= 15 is 0 Å². The summed E-state index contributed by atoms with van der Waals surface area (Å²) in [7, 11) is 0. The number of ketones is 1. The predicted molar refractivity (Wildman–Crippen MR) is 91.9 cm³/mol. The van der Waals surface area contributed by atoms with E-state index in [1.54, 1.807) is 0 Å². The summed E-state index contributed by atoms with van der Waals surface area (Å²) in [4.78, 5) is 12.9. The van der Waals surface area contributed by atoms with Gasteiger partial charge in [0.1, 0.15) is 5.75 Å². The normalized spacial score (nSPS) is 16.3. The van der Waals surface area contributed by atoms with Gasteiger partial charge in [-0.1, -0.05) is 33.1 Å². The van der Waals surface area contributed by atoms with Gasteiger partial charge in [0.05, 0.1) is 6.10 Å². The molecule has 0 N–H and O–H groups in total. The highest BCUT2D eigenvalue weighted by atomic mass is 16.5. The fourth-order valence-electron chi connectivity index (χ4n) is 3.36. The van der Waals surface area contributed by atoms with E-state index in [2.05, 4.69) is 26.0 Å². The van der Waals surface area contributed by atoms with Crippen LogP contribution in [0.3, 0.4) is 0 Å². The van der Waals surface area contributed by atoms with Gasteiger partial charge < -0.3 is 4.74 Å². The van der Waals surface area contributed by atoms with E-state index in [1.807, 2.05) is 20.8 Å². The lowest BCUT2D eigenvalue weighted by atomic mass is 9.82. The maximum atomic E-state index is 12.9. The Balaban J connectivity index is 2.35. The number of aryl methyl sites for hydroxylation is 1. The minimum absolute atomic E-state index is 0.150. The van der Waals surface area contributed by atoms with Gasteiger partial charge in [0.2, 0.25) is 0 Å². The molecule has 1 saturated carbocycles. The van der Waals surface area contributed by atoms with Crippen LogP contribution in [-0.4, -0.2) is 11.9 Å². The molecule has 22 heavy (non-hydrogen) atoms. The smallest absolute Gasteiger partial charge is 0.166 e. The van der Waals surface area contributed by atoms with Gasteiger partial charge in [0.25, 0.3) is 0 Å². The molecule has 0 bridgehead atoms. The van der Waals surface area contributed by atoms with Crippen molar-refractivity contribution in [3.63, 3.8) is 0 Å². The molecule has 1 aromatic carbocycles. The Labute approximate surface area is 135 Å². The van der Waals surface area contributed by atoms with Gasteiger partial charge in [0.15, 0.2) is 5.78 Å². The average Bonchev–Trinajstić information content (AvgIpc) is 2.46. The second-order valence-corrected chi connectivity index (χ2v) is 7.23. The summed E-state index contributed by atoms with van der Waals surface area (Å²) in [6.07, 6.45) is 5.93. The molecule has 1 aliphatic rings. The van der Waals surface area contributed by atoms with Crippen molar-refractivity contribution in [1.29, 1.82) is 0 Å². The maximum absolute atomic E-state index is 12.9. The molecular weight excluding hydrogens is 272 g/mol. The largest absolute Gasteiger partial charge is 0.491 e. The van der Waals surface area contributed by atoms with Crippen LogP contribution in [0.4, 0.5) is 0 Å². The SMILES string of the molecule is Cc1cc(OC(C)C)c(C(C)C)cc1C(=O)C1CCCCC1. The Hall–Kier alpha value is -1.31. The summed E-state index contributed by atoms with van der Waals surface area (Å²) in [5.74, 6) is 1.86. The Morgan fingerprint density at radius 1 is 1.09 bits per heavy atom. The Kier molecular flexibility index (Phi) is 5.66. The topological polar surface area (TPSA) is 26.3 Å². The lowest BCUT2D eigenvalue weighted by Gasteiger charge is -2.23. The van der Waals surface area contributed by atoms with E-state index in [9.17, 15) is 4.79 Å². The number of carbonyl (C=O) groups excluding carboxylic acids is 1. The summed E-state index contributed by atoms with van der Waals surface area (Å²) >= 11 is 0. The number of hydrogen-bond acceptors (Lipinski definition) is 2. The summed E-state index contributed by atoms with van der Waals surface area (Å²) in [5, 5.41) is 0. The number of rotatable bonds is 5. The molecule has 122 valence electrons. The van der Waals surface area contributed by atoms with E-state index < -0.39 is 0 Å². The fraction of sp³-hybridized carbons (Fsp3) is 0.650. The zero-order chi connectivity index (χ0) is 16.3. The maximum Gasteiger partial charge on any atom is 0.166 e. The first-order chi connectivity index (χ1) is 10.4. The van der Waals surface area contributed by atoms with Gasteiger partial charge in [-0.3, -0.25) is 4.79 Å². The van der Waals surface area contributed by atoms with Crippen molar-refractivity contribution < 1.29 is 9.53 Å². The summed E-state index contributed by atoms with van der Waals surface area (Å²) in [6.45, 7) is 10.4. The van der Waals surface area contributed by atoms with Crippen LogP contribution in [0.1, 0.15) is 87.2 Å². The van der Waals surface area contributed by atoms with Crippen molar-refractivity contribution in [3.8, 4) is 5.75 Å². The van der Waals surface area contributed by atoms with Crippen molar-refractivity contribution in [2.75, 3.05) is 0 Å². The van der Waals surface area contributed by atoms with Gasteiger partial charge >= 0.3 is 0 Å². The summed E-state index contributed by atoms with van der Waals surface area (Å²) < 4.78 is 5.96. The van der Waals surface area contributed by atoms with Crippen LogP contribution in [0, 0.1) is 12.8 Å². The predicted octanol–water partition coefficient (Wildman–Crippen LogP) is 5.67. The van der Waals surface area contributed by atoms with Crippen LogP contribution in [-0.2, 0) is 0 Å². The molecule has 1 aromatic rings. The van der Waals surface area contributed by atoms with Gasteiger partial charge in [-0.25, -0.2) is 0 Å². The molecule has 0 spiro atoms. The third-order valence-electron chi connectivity index (χ3n) is 4.58. The minimum Gasteiger partial charge on any atom is -0.491 e. The molecule has 0 saturated heterocycles. The zero-order valence-electron chi connectivity index (χ0n) is 14.7. The van der Waals surface area contributed by atoms with Gasteiger partial charge in [-0.15, -0.1) is 0 Å². The zero-order valence-corrected chi connectivity index (χ0v) is 14.7. The van der Waals surface area contributed by atoms with E-state index in [-0.39, 0.29) is 12.0 Å². The monoisotopic (exact) mass is 302 g/mol. The molecule has 2 rings (SSSR count). The van der Waals surface area contributed by atoms with Crippen LogP contribution in [0.2, 0.25) is 0 Å². The van der Waals surface area contributed by atoms with E-state index in [0.717, 1.165) is 35.3 Å². The molecule has 0 aliphatic heterocycles. The van der Waals surface area contributed by atoms with Crippen LogP contribution in [0.5, 0.6) is 5.75 Å². The van der Waals surface area contributed by atoms with Crippen LogP contribution in [0.15, 0.2) is 12.1 Å². The van der Waals surface area contributed by atoms with Crippen molar-refractivity contribution in [1.82, 2.24) is 0 Å². The molecule has 0 aromatic heterocycles. The average molecular weight is 302 g/mol. The molecule has 0 atom stereocenters. The first-order valence-electron chi connectivity index (χ1n) is 8.75. The lowest BCUT2D eigenvalue weighted by molar-refractivity contribution is 0.0888. The molecule has 1 fully saturated rings. The second-order valence-electron chi connectivity index (χ2n) is 7.23. The van der Waals surface area contributed by atoms with Crippen molar-refractivity contribution in [2.45, 2.75) is 78.7 Å². The summed E-state index contributed by atoms with van der Waals surface area (Å²) in [6, 6.07) is 4.15. The first-order valence-corrected chi connectivity index (χ1v) is 8.75. The highest BCUT2D eigenvalue weighted by Crippen LogP contribution is 2.34. The standard InChI is InChI=1S/C20H30O2/c1-13(2)17-12-18(15(5)11-19(17)22-14(3)4)20(21)16-9-7-6-8-10-16/h11-14,16H,6-10H2,1-5H3. The Morgan fingerprint density at radius 2 is 1.73 bits per heavy atom. The highest BCUT2D eigenvalue weighted by molar-refractivity contribution is 5.99. The molecule has 2 heteroatoms. The molecule has 0 radical (unpaired) electrons. The molecule has 0 amide bonds. The first kappa shape index (κ1) is 17.1. The quantitative estimate of drug-likeness (QED) is 0.655. The molecule has 0 heterocycles. The molecular formula is C20H30O2. The lowest BCUT2D eigenvalue weighted by Crippen LogP contribution is -2.19. The fourth-order valence-corrected chi connectivity index (χ4v) is 3.36. The van der Waals surface area contributed by atoms with E-state index in [4.69, 9.17) is 4.74 Å². The van der Waals surface area contributed by atoms with Crippen molar-refractivity contribution >= 4 is 5.78 Å². The highest BCUT2D eigenvalue weighted by Gasteiger charge is 2.25. The number of carbonyl (C=O) groups is 1. The number of ether oxygens (including phenoxy) is 1. The number of hydrogen-bond donors (Lipinski definition) is 0. The number of benzene rings is 1. The van der Waals surface area contributed by atoms with Crippen molar-refractivity contribution in [3.05, 3.63) is 28.8 Å². The van der Waals surface area contributed by atoms with E-state index in [1.165, 1.54) is 19.3 Å². The second kappa shape index (κ2) is 7.30. The minimum atomic E-state index is 0.150. The van der Waals surface area contributed by atoms with Gasteiger partial charge in [0, 0.05) is 11.5 Å². The van der Waals surface area contributed by atoms with E-state index in [0.29, 0.717) is 11.7 Å². The van der Waals surface area contributed by atoms with Gasteiger partial charge in [-0.2, -0.15) is 0 Å². The Bertz CT molecular complexity index is 523. The molecule has 2 nitrogen and oxygen atoms in total. The summed E-state index contributed by atoms with van der Waals surface area (Å²) in [5.41, 5.74) is 3.11. The van der Waals surface area contributed by atoms with Crippen LogP contribution < -0.4 is 4.74 Å². The third-order valence-corrected chi connectivity index (χ3v) is 4.58. The Morgan fingerprint density at radius 3 is 2.27 bits per heavy atom.